The fourth-order valence-electron chi connectivity index (χ4n) is 4.21. The first-order valence-corrected chi connectivity index (χ1v) is 10.3. The Morgan fingerprint density at radius 1 is 1.16 bits per heavy atom. The quantitative estimate of drug-likeness (QED) is 0.744. The van der Waals surface area contributed by atoms with Crippen LogP contribution in [0.15, 0.2) is 67.0 Å². The Bertz CT molecular complexity index is 1050. The molecule has 1 unspecified atom stereocenters. The minimum absolute atomic E-state index is 0.143. The van der Waals surface area contributed by atoms with E-state index in [2.05, 4.69) is 13.2 Å². The van der Waals surface area contributed by atoms with Gasteiger partial charge in [0.1, 0.15) is 17.4 Å². The number of aliphatic hydroxyl groups excluding tert-OH is 1. The number of piperidine rings is 1. The van der Waals surface area contributed by atoms with E-state index in [9.17, 15) is 13.9 Å². The maximum atomic E-state index is 14.9. The van der Waals surface area contributed by atoms with Gasteiger partial charge in [0.25, 0.3) is 0 Å². The van der Waals surface area contributed by atoms with Gasteiger partial charge < -0.3 is 19.6 Å². The van der Waals surface area contributed by atoms with Crippen LogP contribution < -0.4 is 9.64 Å². The van der Waals surface area contributed by atoms with Crippen molar-refractivity contribution in [3.05, 3.63) is 89.8 Å². The smallest absolute Gasteiger partial charge is 0.147 e. The Morgan fingerprint density at radius 2 is 1.87 bits per heavy atom. The number of anilines is 1. The van der Waals surface area contributed by atoms with E-state index in [1.807, 2.05) is 29.2 Å². The fraction of sp³-hybridized carbons (Fsp3) is 0.280. The number of halogens is 2. The maximum Gasteiger partial charge on any atom is 0.147 e. The molecular formula is C25H26F2N2O2. The number of benzene rings is 2. The number of aliphatic hydroxyl groups is 1. The molecule has 0 radical (unpaired) electrons. The average Bonchev–Trinajstić information content (AvgIpc) is 2.77. The van der Waals surface area contributed by atoms with E-state index in [-0.39, 0.29) is 11.3 Å². The zero-order chi connectivity index (χ0) is 22.1. The SMILES string of the molecule is C=C1C(C(=C)N2CCCC(O)C2)=CN(Cc2ccc(OC)cc2)c2c(F)ccc(F)c21. The van der Waals surface area contributed by atoms with Crippen LogP contribution in [0.25, 0.3) is 5.57 Å². The number of likely N-dealkylation sites (tertiary alicyclic amines) is 1. The summed E-state index contributed by atoms with van der Waals surface area (Å²) in [5.41, 5.74) is 2.90. The molecule has 31 heavy (non-hydrogen) atoms. The summed E-state index contributed by atoms with van der Waals surface area (Å²) < 4.78 is 34.9. The van der Waals surface area contributed by atoms with E-state index in [0.717, 1.165) is 42.8 Å². The van der Waals surface area contributed by atoms with Gasteiger partial charge in [0.05, 0.1) is 18.9 Å². The van der Waals surface area contributed by atoms with E-state index < -0.39 is 17.7 Å². The van der Waals surface area contributed by atoms with Crippen LogP contribution in [0.3, 0.4) is 0 Å². The number of methoxy groups -OCH3 is 1. The topological polar surface area (TPSA) is 35.9 Å². The van der Waals surface area contributed by atoms with Crippen molar-refractivity contribution in [3.63, 3.8) is 0 Å². The predicted molar refractivity (Wildman–Crippen MR) is 119 cm³/mol. The van der Waals surface area contributed by atoms with Crippen molar-refractivity contribution in [1.82, 2.24) is 4.90 Å². The summed E-state index contributed by atoms with van der Waals surface area (Å²) in [5.74, 6) is -0.319. The van der Waals surface area contributed by atoms with Gasteiger partial charge in [0.15, 0.2) is 0 Å². The first-order chi connectivity index (χ1) is 14.9. The molecule has 2 aromatic rings. The Hall–Kier alpha value is -3.12. The van der Waals surface area contributed by atoms with Gasteiger partial charge in [-0.15, -0.1) is 0 Å². The van der Waals surface area contributed by atoms with Crippen molar-refractivity contribution >= 4 is 11.3 Å². The lowest BCUT2D eigenvalue weighted by Crippen LogP contribution is -2.38. The van der Waals surface area contributed by atoms with Crippen molar-refractivity contribution in [2.45, 2.75) is 25.5 Å². The molecule has 6 heteroatoms. The molecule has 4 nitrogen and oxygen atoms in total. The van der Waals surface area contributed by atoms with Gasteiger partial charge in [0.2, 0.25) is 0 Å². The van der Waals surface area contributed by atoms with Gasteiger partial charge in [-0.3, -0.25) is 0 Å². The molecule has 1 fully saturated rings. The van der Waals surface area contributed by atoms with Crippen molar-refractivity contribution in [3.8, 4) is 5.75 Å². The molecule has 2 aliphatic heterocycles. The highest BCUT2D eigenvalue weighted by Gasteiger charge is 2.30. The molecular weight excluding hydrogens is 398 g/mol. The first kappa shape index (κ1) is 21.1. The lowest BCUT2D eigenvalue weighted by atomic mass is 9.90. The monoisotopic (exact) mass is 424 g/mol. The van der Waals surface area contributed by atoms with Crippen molar-refractivity contribution in [2.24, 2.45) is 0 Å². The minimum Gasteiger partial charge on any atom is -0.497 e. The third-order valence-electron chi connectivity index (χ3n) is 5.88. The Labute approximate surface area is 181 Å². The molecule has 0 aromatic heterocycles. The van der Waals surface area contributed by atoms with Crippen LogP contribution in [0.1, 0.15) is 24.0 Å². The van der Waals surface area contributed by atoms with Crippen LogP contribution in [0.2, 0.25) is 0 Å². The Balaban J connectivity index is 1.74. The molecule has 1 atom stereocenters. The summed E-state index contributed by atoms with van der Waals surface area (Å²) in [4.78, 5) is 3.68. The third kappa shape index (κ3) is 4.08. The lowest BCUT2D eigenvalue weighted by Gasteiger charge is -2.38. The van der Waals surface area contributed by atoms with Gasteiger partial charge in [-0.2, -0.15) is 0 Å². The summed E-state index contributed by atoms with van der Waals surface area (Å²) in [6.07, 6.45) is 2.94. The van der Waals surface area contributed by atoms with Gasteiger partial charge >= 0.3 is 0 Å². The number of hydrogen-bond donors (Lipinski definition) is 1. The lowest BCUT2D eigenvalue weighted by molar-refractivity contribution is 0.0896. The molecule has 2 aromatic carbocycles. The summed E-state index contributed by atoms with van der Waals surface area (Å²) >= 11 is 0. The van der Waals surface area contributed by atoms with Crippen LogP contribution in [-0.2, 0) is 6.54 Å². The molecule has 1 saturated heterocycles. The van der Waals surface area contributed by atoms with Gasteiger partial charge in [0, 0.05) is 42.7 Å². The molecule has 162 valence electrons. The number of hydrogen-bond acceptors (Lipinski definition) is 4. The molecule has 4 rings (SSSR count). The first-order valence-electron chi connectivity index (χ1n) is 10.3. The van der Waals surface area contributed by atoms with E-state index in [1.165, 1.54) is 0 Å². The van der Waals surface area contributed by atoms with E-state index in [4.69, 9.17) is 4.74 Å². The number of β-amino-alcohol motifs (C(OH)–C–C–N with tert-alkyl or cyclic N) is 1. The van der Waals surface area contributed by atoms with Crippen molar-refractivity contribution < 1.29 is 18.6 Å². The number of allylic oxidation sites excluding steroid dienone is 1. The largest absolute Gasteiger partial charge is 0.497 e. The second-order valence-electron chi connectivity index (χ2n) is 7.94. The van der Waals surface area contributed by atoms with E-state index >= 15 is 0 Å². The van der Waals surface area contributed by atoms with E-state index in [1.54, 1.807) is 18.2 Å². The van der Waals surface area contributed by atoms with Crippen LogP contribution in [0, 0.1) is 11.6 Å². The average molecular weight is 424 g/mol. The summed E-state index contributed by atoms with van der Waals surface area (Å²) in [5, 5.41) is 10.1. The second kappa shape index (κ2) is 8.55. The molecule has 2 aliphatic rings. The highest BCUT2D eigenvalue weighted by atomic mass is 19.1. The molecule has 0 spiro atoms. The van der Waals surface area contributed by atoms with E-state index in [0.29, 0.717) is 29.9 Å². The number of ether oxygens (including phenoxy) is 1. The van der Waals surface area contributed by atoms with Gasteiger partial charge in [-0.25, -0.2) is 8.78 Å². The maximum absolute atomic E-state index is 14.9. The van der Waals surface area contributed by atoms with Gasteiger partial charge in [-0.1, -0.05) is 25.3 Å². The zero-order valence-corrected chi connectivity index (χ0v) is 17.6. The second-order valence-corrected chi connectivity index (χ2v) is 7.94. The van der Waals surface area contributed by atoms with Crippen LogP contribution in [0.5, 0.6) is 5.75 Å². The summed E-state index contributed by atoms with van der Waals surface area (Å²) in [6.45, 7) is 9.82. The Morgan fingerprint density at radius 3 is 2.55 bits per heavy atom. The molecule has 2 heterocycles. The van der Waals surface area contributed by atoms with Crippen molar-refractivity contribution in [2.75, 3.05) is 25.1 Å². The molecule has 0 saturated carbocycles. The van der Waals surface area contributed by atoms with Crippen LogP contribution >= 0.6 is 0 Å². The molecule has 0 aliphatic carbocycles. The van der Waals surface area contributed by atoms with Gasteiger partial charge in [-0.05, 0) is 48.2 Å². The van der Waals surface area contributed by atoms with Crippen LogP contribution in [-0.4, -0.2) is 36.3 Å². The number of rotatable bonds is 5. The number of nitrogens with zero attached hydrogens (tertiary/aromatic N) is 2. The fourth-order valence-corrected chi connectivity index (χ4v) is 4.21. The predicted octanol–water partition coefficient (Wildman–Crippen LogP) is 4.86. The highest BCUT2D eigenvalue weighted by Crippen LogP contribution is 2.43. The molecule has 1 N–H and O–H groups in total. The zero-order valence-electron chi connectivity index (χ0n) is 17.6. The number of fused-ring (bicyclic) bond motifs is 1. The standard InChI is InChI=1S/C25H26F2N2O2/c1-16-21(17(2)28-12-4-5-19(30)14-28)15-29(13-18-6-8-20(31-3)9-7-18)25-23(27)11-10-22(26)24(16)25/h6-11,15,19,30H,1-2,4-5,12-14H2,3H3. The molecule has 0 amide bonds. The summed E-state index contributed by atoms with van der Waals surface area (Å²) in [7, 11) is 1.60. The normalized spacial score (nSPS) is 18.5. The van der Waals surface area contributed by atoms with Crippen molar-refractivity contribution in [1.29, 1.82) is 0 Å². The minimum atomic E-state index is -0.529. The summed E-state index contributed by atoms with van der Waals surface area (Å²) in [6, 6.07) is 9.71. The van der Waals surface area contributed by atoms with Crippen LogP contribution in [0.4, 0.5) is 14.5 Å². The Kier molecular flexibility index (Phi) is 5.83. The third-order valence-corrected chi connectivity index (χ3v) is 5.88. The molecule has 0 bridgehead atoms. The highest BCUT2D eigenvalue weighted by molar-refractivity contribution is 5.92.